The molecule has 3 aromatic rings. The molecule has 124 valence electrons. The molecule has 0 saturated carbocycles. The Morgan fingerprint density at radius 3 is 2.88 bits per heavy atom. The van der Waals surface area contributed by atoms with E-state index in [2.05, 4.69) is 35.3 Å². The Morgan fingerprint density at radius 2 is 2.08 bits per heavy atom. The molecular weight excluding hydrogens is 320 g/mol. The van der Waals surface area contributed by atoms with Crippen molar-refractivity contribution in [3.63, 3.8) is 0 Å². The van der Waals surface area contributed by atoms with Gasteiger partial charge >= 0.3 is 0 Å². The Labute approximate surface area is 144 Å². The maximum Gasteiger partial charge on any atom is 0.265 e. The minimum atomic E-state index is -0.0493. The Bertz CT molecular complexity index is 886. The number of aromatic nitrogens is 3. The number of hydrogen-bond acceptors (Lipinski definition) is 4. The summed E-state index contributed by atoms with van der Waals surface area (Å²) in [4.78, 5) is 19.2. The number of aryl methyl sites for hydroxylation is 2. The Kier molecular flexibility index (Phi) is 3.84. The van der Waals surface area contributed by atoms with Crippen molar-refractivity contribution in [2.45, 2.75) is 45.6 Å². The minimum Gasteiger partial charge on any atom is -0.320 e. The lowest BCUT2D eigenvalue weighted by Crippen LogP contribution is -2.10. The molecule has 0 atom stereocenters. The third kappa shape index (κ3) is 2.71. The highest BCUT2D eigenvalue weighted by Crippen LogP contribution is 2.30. The molecule has 0 fully saturated rings. The fourth-order valence-electron chi connectivity index (χ4n) is 3.18. The first-order valence-electron chi connectivity index (χ1n) is 8.38. The number of fused-ring (bicyclic) bond motifs is 2. The molecule has 0 radical (unpaired) electrons. The van der Waals surface area contributed by atoms with Gasteiger partial charge in [-0.2, -0.15) is 5.10 Å². The maximum absolute atomic E-state index is 12.5. The number of carbonyl (C=O) groups is 1. The lowest BCUT2D eigenvalue weighted by molar-refractivity contribution is 0.103. The van der Waals surface area contributed by atoms with Crippen molar-refractivity contribution in [3.8, 4) is 0 Å². The normalized spacial score (nSPS) is 14.1. The summed E-state index contributed by atoms with van der Waals surface area (Å²) in [6.07, 6.45) is 8.16. The zero-order valence-corrected chi connectivity index (χ0v) is 14.7. The quantitative estimate of drug-likeness (QED) is 0.777. The predicted molar refractivity (Wildman–Crippen MR) is 96.8 cm³/mol. The summed E-state index contributed by atoms with van der Waals surface area (Å²) in [6.45, 7) is 4.14. The molecule has 1 aliphatic rings. The van der Waals surface area contributed by atoms with Gasteiger partial charge in [0.25, 0.3) is 5.91 Å². The summed E-state index contributed by atoms with van der Waals surface area (Å²) in [5, 5.41) is 8.27. The van der Waals surface area contributed by atoms with Crippen LogP contribution >= 0.6 is 11.3 Å². The first-order valence-corrected chi connectivity index (χ1v) is 9.19. The first-order chi connectivity index (χ1) is 11.6. The summed E-state index contributed by atoms with van der Waals surface area (Å²) < 4.78 is 1.88. The molecule has 0 unspecified atom stereocenters. The van der Waals surface area contributed by atoms with Crippen molar-refractivity contribution < 1.29 is 4.79 Å². The second-order valence-corrected chi connectivity index (χ2v) is 7.68. The Hall–Kier alpha value is -2.21. The number of carbonyl (C=O) groups excluding carboxylic acids is 1. The van der Waals surface area contributed by atoms with Crippen LogP contribution in [0.25, 0.3) is 11.0 Å². The molecule has 0 aliphatic heterocycles. The van der Waals surface area contributed by atoms with E-state index in [1.807, 2.05) is 10.7 Å². The van der Waals surface area contributed by atoms with Crippen molar-refractivity contribution in [3.05, 3.63) is 39.8 Å². The van der Waals surface area contributed by atoms with Crippen LogP contribution in [0.15, 0.2) is 24.5 Å². The van der Waals surface area contributed by atoms with Gasteiger partial charge in [0.2, 0.25) is 0 Å². The molecule has 0 bridgehead atoms. The van der Waals surface area contributed by atoms with E-state index in [0.29, 0.717) is 5.69 Å². The standard InChI is InChI=1S/C18H20N4OS/c1-11(2)22-17-13(9-20-22)7-14(10-19-17)21-18(23)16-8-12-5-3-4-6-15(12)24-16/h7-11H,3-6H2,1-2H3,(H,21,23). The van der Waals surface area contributed by atoms with E-state index in [4.69, 9.17) is 0 Å². The zero-order chi connectivity index (χ0) is 16.7. The highest BCUT2D eigenvalue weighted by molar-refractivity contribution is 7.14. The van der Waals surface area contributed by atoms with Crippen molar-refractivity contribution >= 4 is 34.0 Å². The van der Waals surface area contributed by atoms with Gasteiger partial charge in [0.15, 0.2) is 5.65 Å². The van der Waals surface area contributed by atoms with Gasteiger partial charge < -0.3 is 5.32 Å². The fraction of sp³-hybridized carbons (Fsp3) is 0.389. The summed E-state index contributed by atoms with van der Waals surface area (Å²) in [5.41, 5.74) is 2.90. The van der Waals surface area contributed by atoms with Crippen LogP contribution in [-0.4, -0.2) is 20.7 Å². The third-order valence-corrected chi connectivity index (χ3v) is 5.64. The minimum absolute atomic E-state index is 0.0493. The van der Waals surface area contributed by atoms with Gasteiger partial charge in [0.05, 0.1) is 23.0 Å². The molecule has 1 aliphatic carbocycles. The van der Waals surface area contributed by atoms with Crippen LogP contribution in [0.3, 0.4) is 0 Å². The van der Waals surface area contributed by atoms with Crippen LogP contribution < -0.4 is 5.32 Å². The van der Waals surface area contributed by atoms with E-state index in [1.54, 1.807) is 23.7 Å². The van der Waals surface area contributed by atoms with Crippen LogP contribution in [0.1, 0.15) is 52.8 Å². The SMILES string of the molecule is CC(C)n1ncc2cc(NC(=O)c3cc4c(s3)CCCC4)cnc21. The lowest BCUT2D eigenvalue weighted by atomic mass is 9.99. The largest absolute Gasteiger partial charge is 0.320 e. The van der Waals surface area contributed by atoms with Crippen molar-refractivity contribution in [2.75, 3.05) is 5.32 Å². The van der Waals surface area contributed by atoms with Crippen LogP contribution in [0.5, 0.6) is 0 Å². The molecular formula is C18H20N4OS. The second-order valence-electron chi connectivity index (χ2n) is 6.54. The lowest BCUT2D eigenvalue weighted by Gasteiger charge is -2.08. The van der Waals surface area contributed by atoms with Gasteiger partial charge in [-0.3, -0.25) is 4.79 Å². The van der Waals surface area contributed by atoms with E-state index in [9.17, 15) is 4.79 Å². The topological polar surface area (TPSA) is 59.8 Å². The van der Waals surface area contributed by atoms with Gasteiger partial charge in [0, 0.05) is 16.3 Å². The molecule has 1 amide bonds. The number of thiophene rings is 1. The first kappa shape index (κ1) is 15.3. The third-order valence-electron chi connectivity index (χ3n) is 4.40. The number of amides is 1. The van der Waals surface area contributed by atoms with Crippen LogP contribution in [-0.2, 0) is 12.8 Å². The number of pyridine rings is 1. The van der Waals surface area contributed by atoms with Crippen molar-refractivity contribution in [1.29, 1.82) is 0 Å². The molecule has 24 heavy (non-hydrogen) atoms. The molecule has 4 rings (SSSR count). The van der Waals surface area contributed by atoms with Crippen molar-refractivity contribution in [2.24, 2.45) is 0 Å². The van der Waals surface area contributed by atoms with E-state index < -0.39 is 0 Å². The summed E-state index contributed by atoms with van der Waals surface area (Å²) in [7, 11) is 0. The average molecular weight is 340 g/mol. The monoisotopic (exact) mass is 340 g/mol. The van der Waals surface area contributed by atoms with Gasteiger partial charge in [-0.05, 0) is 57.2 Å². The highest BCUT2D eigenvalue weighted by Gasteiger charge is 2.17. The molecule has 6 heteroatoms. The molecule has 5 nitrogen and oxygen atoms in total. The van der Waals surface area contributed by atoms with E-state index in [0.717, 1.165) is 28.8 Å². The smallest absolute Gasteiger partial charge is 0.265 e. The number of rotatable bonds is 3. The fourth-order valence-corrected chi connectivity index (χ4v) is 4.33. The average Bonchev–Trinajstić information content (AvgIpc) is 3.18. The zero-order valence-electron chi connectivity index (χ0n) is 13.9. The molecule has 1 N–H and O–H groups in total. The summed E-state index contributed by atoms with van der Waals surface area (Å²) in [6, 6.07) is 4.24. The number of nitrogens with one attached hydrogen (secondary N) is 1. The summed E-state index contributed by atoms with van der Waals surface area (Å²) >= 11 is 1.63. The second kappa shape index (κ2) is 6.02. The molecule has 0 saturated heterocycles. The number of anilines is 1. The van der Waals surface area contributed by atoms with Crippen LogP contribution in [0, 0.1) is 0 Å². The van der Waals surface area contributed by atoms with Crippen LogP contribution in [0.4, 0.5) is 5.69 Å². The van der Waals surface area contributed by atoms with Gasteiger partial charge in [0.1, 0.15) is 0 Å². The van der Waals surface area contributed by atoms with Gasteiger partial charge in [-0.25, -0.2) is 9.67 Å². The predicted octanol–water partition coefficient (Wildman–Crippen LogP) is 4.20. The van der Waals surface area contributed by atoms with Crippen LogP contribution in [0.2, 0.25) is 0 Å². The van der Waals surface area contributed by atoms with E-state index >= 15 is 0 Å². The van der Waals surface area contributed by atoms with Gasteiger partial charge in [-0.15, -0.1) is 11.3 Å². The maximum atomic E-state index is 12.5. The Balaban J connectivity index is 1.57. The van der Waals surface area contributed by atoms with E-state index in [1.165, 1.54) is 23.3 Å². The van der Waals surface area contributed by atoms with E-state index in [-0.39, 0.29) is 11.9 Å². The summed E-state index contributed by atoms with van der Waals surface area (Å²) in [5.74, 6) is -0.0493. The molecule has 3 heterocycles. The highest BCUT2D eigenvalue weighted by atomic mass is 32.1. The van der Waals surface area contributed by atoms with Crippen molar-refractivity contribution in [1.82, 2.24) is 14.8 Å². The molecule has 0 aromatic carbocycles. The van der Waals surface area contributed by atoms with Gasteiger partial charge in [-0.1, -0.05) is 0 Å². The number of nitrogens with zero attached hydrogens (tertiary/aromatic N) is 3. The number of hydrogen-bond donors (Lipinski definition) is 1. The molecule has 0 spiro atoms. The molecule has 3 aromatic heterocycles. The Morgan fingerprint density at radius 1 is 1.25 bits per heavy atom.